The Morgan fingerprint density at radius 2 is 1.91 bits per heavy atom. The summed E-state index contributed by atoms with van der Waals surface area (Å²) in [5, 5.41) is 9.44. The lowest BCUT2D eigenvalue weighted by Gasteiger charge is -2.18. The van der Waals surface area contributed by atoms with E-state index in [1.54, 1.807) is 41.3 Å². The summed E-state index contributed by atoms with van der Waals surface area (Å²) in [5.41, 5.74) is 3.19. The van der Waals surface area contributed by atoms with Crippen molar-refractivity contribution in [2.24, 2.45) is 0 Å². The first-order chi connectivity index (χ1) is 10.6. The molecule has 2 aromatic rings. The lowest BCUT2D eigenvalue weighted by atomic mass is 10.1. The van der Waals surface area contributed by atoms with Crippen LogP contribution >= 0.6 is 11.6 Å². The van der Waals surface area contributed by atoms with E-state index in [4.69, 9.17) is 16.7 Å². The van der Waals surface area contributed by atoms with Crippen molar-refractivity contribution in [1.29, 1.82) is 0 Å². The fourth-order valence-corrected chi connectivity index (χ4v) is 2.74. The minimum Gasteiger partial charge on any atom is -0.388 e. The van der Waals surface area contributed by atoms with Gasteiger partial charge in [-0.05, 0) is 23.3 Å². The number of anilines is 1. The predicted molar refractivity (Wildman–Crippen MR) is 84.2 cm³/mol. The molecule has 1 N–H and O–H groups in total. The Hall–Kier alpha value is -2.17. The van der Waals surface area contributed by atoms with Crippen molar-refractivity contribution in [2.75, 3.05) is 11.5 Å². The average Bonchev–Trinajstić information content (AvgIpc) is 2.83. The largest absolute Gasteiger partial charge is 0.388 e. The summed E-state index contributed by atoms with van der Waals surface area (Å²) in [6, 6.07) is 12.4. The Morgan fingerprint density at radius 1 is 1.18 bits per heavy atom. The molecule has 1 heterocycles. The molecule has 0 saturated carbocycles. The number of carbonyl (C=O) groups is 2. The Balaban J connectivity index is 1.83. The third-order valence-electron chi connectivity index (χ3n) is 3.74. The van der Waals surface area contributed by atoms with Crippen LogP contribution in [0.5, 0.6) is 0 Å². The summed E-state index contributed by atoms with van der Waals surface area (Å²) in [5.74, 6) is -0.284. The minimum absolute atomic E-state index is 0.0350. The number of Topliss-reactive ketones (excluding diaryl/α,β-unsaturated/α-hetero) is 1. The van der Waals surface area contributed by atoms with Gasteiger partial charge < -0.3 is 10.0 Å². The van der Waals surface area contributed by atoms with Crippen molar-refractivity contribution in [1.82, 2.24) is 0 Å². The van der Waals surface area contributed by atoms with E-state index >= 15 is 0 Å². The van der Waals surface area contributed by atoms with Gasteiger partial charge in [0.2, 0.25) is 5.91 Å². The zero-order valence-corrected chi connectivity index (χ0v) is 12.5. The van der Waals surface area contributed by atoms with Crippen LogP contribution in [0, 0.1) is 0 Å². The molecule has 1 aliphatic rings. The maximum atomic E-state index is 12.2. The quantitative estimate of drug-likeness (QED) is 0.882. The molecule has 0 unspecified atom stereocenters. The molecule has 3 rings (SSSR count). The Labute approximate surface area is 132 Å². The second-order valence-corrected chi connectivity index (χ2v) is 5.64. The minimum atomic E-state index is -0.504. The van der Waals surface area contributed by atoms with Gasteiger partial charge in [0.1, 0.15) is 6.61 Å². The second kappa shape index (κ2) is 5.91. The van der Waals surface area contributed by atoms with Gasteiger partial charge in [0.15, 0.2) is 5.78 Å². The van der Waals surface area contributed by atoms with Crippen molar-refractivity contribution in [3.8, 4) is 0 Å². The number of halogens is 1. The van der Waals surface area contributed by atoms with E-state index in [1.165, 1.54) is 0 Å². The zero-order valence-electron chi connectivity index (χ0n) is 11.8. The first kappa shape index (κ1) is 14.8. The van der Waals surface area contributed by atoms with Gasteiger partial charge in [0.05, 0.1) is 13.0 Å². The number of rotatable bonds is 4. The van der Waals surface area contributed by atoms with Crippen LogP contribution in [-0.2, 0) is 17.8 Å². The summed E-state index contributed by atoms with van der Waals surface area (Å²) in [4.78, 5) is 25.3. The number of ketones is 1. The van der Waals surface area contributed by atoms with E-state index in [-0.39, 0.29) is 11.7 Å². The maximum absolute atomic E-state index is 12.2. The molecule has 0 fully saturated rings. The van der Waals surface area contributed by atoms with Crippen LogP contribution in [0.2, 0.25) is 5.02 Å². The third-order valence-corrected chi connectivity index (χ3v) is 3.98. The Morgan fingerprint density at radius 3 is 2.59 bits per heavy atom. The number of benzene rings is 2. The van der Waals surface area contributed by atoms with Gasteiger partial charge in [0.25, 0.3) is 0 Å². The smallest absolute Gasteiger partial charge is 0.231 e. The molecule has 0 bridgehead atoms. The second-order valence-electron chi connectivity index (χ2n) is 5.21. The van der Waals surface area contributed by atoms with Crippen LogP contribution in [-0.4, -0.2) is 23.4 Å². The lowest BCUT2D eigenvalue weighted by molar-refractivity contribution is -0.117. The molecule has 5 heteroatoms. The predicted octanol–water partition coefficient (Wildman–Crippen LogP) is 2.60. The van der Waals surface area contributed by atoms with E-state index < -0.39 is 6.61 Å². The highest BCUT2D eigenvalue weighted by Crippen LogP contribution is 2.32. The Bertz CT molecular complexity index is 740. The number of aliphatic hydroxyl groups excluding tert-OH is 1. The van der Waals surface area contributed by atoms with E-state index in [0.717, 1.165) is 16.8 Å². The first-order valence-corrected chi connectivity index (χ1v) is 7.28. The third kappa shape index (κ3) is 2.75. The highest BCUT2D eigenvalue weighted by atomic mass is 35.5. The molecule has 0 aromatic heterocycles. The Kier molecular flexibility index (Phi) is 3.96. The number of aliphatic hydroxyl groups is 1. The van der Waals surface area contributed by atoms with E-state index in [9.17, 15) is 9.59 Å². The average molecular weight is 316 g/mol. The van der Waals surface area contributed by atoms with Crippen molar-refractivity contribution in [2.45, 2.75) is 13.0 Å². The van der Waals surface area contributed by atoms with Crippen LogP contribution in [0.1, 0.15) is 21.5 Å². The van der Waals surface area contributed by atoms with E-state index in [2.05, 4.69) is 0 Å². The number of hydrogen-bond acceptors (Lipinski definition) is 3. The number of hydrogen-bond donors (Lipinski definition) is 1. The summed E-state index contributed by atoms with van der Waals surface area (Å²) >= 11 is 6.01. The van der Waals surface area contributed by atoms with Gasteiger partial charge in [0, 0.05) is 16.3 Å². The molecule has 0 spiro atoms. The molecule has 0 aliphatic carbocycles. The van der Waals surface area contributed by atoms with Gasteiger partial charge in [-0.2, -0.15) is 0 Å². The van der Waals surface area contributed by atoms with E-state index in [0.29, 0.717) is 23.6 Å². The van der Waals surface area contributed by atoms with Gasteiger partial charge in [-0.1, -0.05) is 41.9 Å². The van der Waals surface area contributed by atoms with Crippen LogP contribution in [0.15, 0.2) is 42.5 Å². The monoisotopic (exact) mass is 315 g/mol. The SMILES string of the molecule is O=C(CO)c1ccc(CN2C(=O)Cc3ccc(Cl)cc32)cc1. The fourth-order valence-electron chi connectivity index (χ4n) is 2.57. The van der Waals surface area contributed by atoms with Gasteiger partial charge >= 0.3 is 0 Å². The van der Waals surface area contributed by atoms with Crippen molar-refractivity contribution < 1.29 is 14.7 Å². The van der Waals surface area contributed by atoms with Crippen molar-refractivity contribution in [3.05, 3.63) is 64.2 Å². The summed E-state index contributed by atoms with van der Waals surface area (Å²) in [7, 11) is 0. The summed E-state index contributed by atoms with van der Waals surface area (Å²) in [6.07, 6.45) is 0.383. The highest BCUT2D eigenvalue weighted by Gasteiger charge is 2.27. The molecule has 4 nitrogen and oxygen atoms in total. The molecular weight excluding hydrogens is 302 g/mol. The molecule has 1 amide bonds. The number of fused-ring (bicyclic) bond motifs is 1. The van der Waals surface area contributed by atoms with Crippen LogP contribution in [0.3, 0.4) is 0 Å². The molecule has 22 heavy (non-hydrogen) atoms. The summed E-state index contributed by atoms with van der Waals surface area (Å²) in [6.45, 7) is -0.0738. The first-order valence-electron chi connectivity index (χ1n) is 6.90. The molecular formula is C17H14ClNO3. The van der Waals surface area contributed by atoms with E-state index in [1.807, 2.05) is 6.07 Å². The van der Waals surface area contributed by atoms with Crippen LogP contribution < -0.4 is 4.90 Å². The highest BCUT2D eigenvalue weighted by molar-refractivity contribution is 6.31. The molecule has 2 aromatic carbocycles. The summed E-state index contributed by atoms with van der Waals surface area (Å²) < 4.78 is 0. The van der Waals surface area contributed by atoms with Crippen LogP contribution in [0.4, 0.5) is 5.69 Å². The van der Waals surface area contributed by atoms with Gasteiger partial charge in [-0.3, -0.25) is 9.59 Å². The molecule has 0 atom stereocenters. The van der Waals surface area contributed by atoms with Gasteiger partial charge in [-0.25, -0.2) is 0 Å². The standard InChI is InChI=1S/C17H14ClNO3/c18-14-6-5-13-7-17(22)19(15(13)8-14)9-11-1-3-12(4-2-11)16(21)10-20/h1-6,8,20H,7,9-10H2. The maximum Gasteiger partial charge on any atom is 0.231 e. The molecule has 0 saturated heterocycles. The zero-order chi connectivity index (χ0) is 15.7. The molecule has 1 aliphatic heterocycles. The number of nitrogens with zero attached hydrogens (tertiary/aromatic N) is 1. The van der Waals surface area contributed by atoms with Crippen LogP contribution in [0.25, 0.3) is 0 Å². The normalized spacial score (nSPS) is 13.4. The topological polar surface area (TPSA) is 57.6 Å². The number of amides is 1. The molecule has 0 radical (unpaired) electrons. The van der Waals surface area contributed by atoms with Crippen molar-refractivity contribution >= 4 is 29.0 Å². The molecule has 112 valence electrons. The fraction of sp³-hybridized carbons (Fsp3) is 0.176. The lowest BCUT2D eigenvalue weighted by Crippen LogP contribution is -2.26. The number of carbonyl (C=O) groups excluding carboxylic acids is 2. The van der Waals surface area contributed by atoms with Crippen molar-refractivity contribution in [3.63, 3.8) is 0 Å². The van der Waals surface area contributed by atoms with Gasteiger partial charge in [-0.15, -0.1) is 0 Å².